The highest BCUT2D eigenvalue weighted by Gasteiger charge is 2.31. The molecule has 34 heavy (non-hydrogen) atoms. The highest BCUT2D eigenvalue weighted by molar-refractivity contribution is 7.80. The van der Waals surface area contributed by atoms with Crippen molar-refractivity contribution in [1.82, 2.24) is 9.88 Å². The number of hydrogen-bond donors (Lipinski definition) is 3. The first-order valence-corrected chi connectivity index (χ1v) is 10.5. The number of pyridine rings is 1. The van der Waals surface area contributed by atoms with Crippen LogP contribution in [0.25, 0.3) is 0 Å². The number of hydrogen-bond acceptors (Lipinski definition) is 4. The van der Waals surface area contributed by atoms with Gasteiger partial charge < -0.3 is 20.3 Å². The molecule has 0 bridgehead atoms. The number of carboxylic acid groups (broad SMARTS) is 1. The summed E-state index contributed by atoms with van der Waals surface area (Å²) in [5, 5.41) is 13.9. The third-order valence-electron chi connectivity index (χ3n) is 5.00. The number of benzene rings is 1. The van der Waals surface area contributed by atoms with Gasteiger partial charge in [0.05, 0.1) is 24.6 Å². The molecule has 0 fully saturated rings. The average Bonchev–Trinajstić information content (AvgIpc) is 2.77. The second-order valence-electron chi connectivity index (χ2n) is 7.47. The molecule has 1 aromatic heterocycles. The smallest absolute Gasteiger partial charge is 0.416 e. The molecule has 0 saturated carbocycles. The minimum absolute atomic E-state index is 0.0383. The Labute approximate surface area is 197 Å². The lowest BCUT2D eigenvalue weighted by Crippen LogP contribution is -2.36. The average molecular weight is 491 g/mol. The van der Waals surface area contributed by atoms with Crippen LogP contribution in [-0.2, 0) is 17.5 Å². The predicted octanol–water partition coefficient (Wildman–Crippen LogP) is 4.46. The number of anilines is 1. The van der Waals surface area contributed by atoms with Crippen molar-refractivity contribution in [3.63, 3.8) is 0 Å². The topological polar surface area (TPSA) is 100 Å². The summed E-state index contributed by atoms with van der Waals surface area (Å²) in [4.78, 5) is 37.3. The molecule has 7 nitrogen and oxygen atoms in total. The quantitative estimate of drug-likeness (QED) is 0.497. The number of nitrogens with one attached hydrogen (secondary N) is 2. The molecular formula is C23H20F3N3O4S. The Morgan fingerprint density at radius 3 is 2.65 bits per heavy atom. The number of thiocarbonyl (C=S) groups is 1. The summed E-state index contributed by atoms with van der Waals surface area (Å²) in [5.41, 5.74) is -0.838. The zero-order valence-electron chi connectivity index (χ0n) is 17.6. The number of carbonyl (C=O) groups is 2. The standard InChI is InChI=1S/C23H20F3N3O4S/c24-23(25,26)16-7-3-6-14(11-16)18(12-20(30)31)28-22(33)27-17-8-4-10-29(21(17)32)13-15-5-1-2-9-19(15)34/h1-8,10-11,18H,9,12-13H2,(H,30,31)(H2,27,28,33)/t18-/m0/s1. The number of halogens is 3. The maximum Gasteiger partial charge on any atom is 0.416 e. The molecule has 1 atom stereocenters. The number of urea groups is 1. The van der Waals surface area contributed by atoms with Crippen molar-refractivity contribution in [2.24, 2.45) is 0 Å². The summed E-state index contributed by atoms with van der Waals surface area (Å²) in [6, 6.07) is 4.74. The van der Waals surface area contributed by atoms with Gasteiger partial charge in [0.1, 0.15) is 5.69 Å². The Morgan fingerprint density at radius 1 is 1.21 bits per heavy atom. The number of carbonyl (C=O) groups excluding carboxylic acids is 1. The van der Waals surface area contributed by atoms with Crippen LogP contribution in [0.5, 0.6) is 0 Å². The van der Waals surface area contributed by atoms with Crippen molar-refractivity contribution >= 4 is 34.8 Å². The maximum absolute atomic E-state index is 13.0. The zero-order chi connectivity index (χ0) is 24.9. The van der Waals surface area contributed by atoms with Gasteiger partial charge in [-0.3, -0.25) is 9.59 Å². The number of alkyl halides is 3. The van der Waals surface area contributed by atoms with Crippen LogP contribution in [0.15, 0.2) is 71.2 Å². The van der Waals surface area contributed by atoms with Crippen molar-refractivity contribution in [2.45, 2.75) is 31.6 Å². The molecule has 178 valence electrons. The maximum atomic E-state index is 13.0. The summed E-state index contributed by atoms with van der Waals surface area (Å²) < 4.78 is 40.5. The predicted molar refractivity (Wildman–Crippen MR) is 124 cm³/mol. The Hall–Kier alpha value is -3.73. The Bertz CT molecular complexity index is 1230. The van der Waals surface area contributed by atoms with Crippen molar-refractivity contribution in [2.75, 3.05) is 5.32 Å². The molecule has 0 aliphatic heterocycles. The fourth-order valence-corrected chi connectivity index (χ4v) is 3.57. The molecule has 0 radical (unpaired) electrons. The lowest BCUT2D eigenvalue weighted by molar-refractivity contribution is -0.138. The van der Waals surface area contributed by atoms with E-state index in [0.717, 1.165) is 23.8 Å². The first-order valence-electron chi connectivity index (χ1n) is 10.1. The van der Waals surface area contributed by atoms with Gasteiger partial charge in [-0.2, -0.15) is 13.2 Å². The largest absolute Gasteiger partial charge is 0.481 e. The van der Waals surface area contributed by atoms with Crippen LogP contribution in [0, 0.1) is 0 Å². The van der Waals surface area contributed by atoms with E-state index < -0.39 is 41.8 Å². The highest BCUT2D eigenvalue weighted by Crippen LogP contribution is 2.31. The third kappa shape index (κ3) is 6.41. The Balaban J connectivity index is 1.78. The Kier molecular flexibility index (Phi) is 7.67. The van der Waals surface area contributed by atoms with Crippen molar-refractivity contribution in [3.8, 4) is 0 Å². The summed E-state index contributed by atoms with van der Waals surface area (Å²) in [6.07, 6.45) is 2.37. The van der Waals surface area contributed by atoms with Crippen molar-refractivity contribution < 1.29 is 27.9 Å². The van der Waals surface area contributed by atoms with E-state index in [1.807, 2.05) is 12.2 Å². The summed E-state index contributed by atoms with van der Waals surface area (Å²) >= 11 is 5.30. The normalized spacial score (nSPS) is 14.3. The van der Waals surface area contributed by atoms with E-state index in [4.69, 9.17) is 17.3 Å². The molecule has 0 unspecified atom stereocenters. The van der Waals surface area contributed by atoms with Gasteiger partial charge in [0.25, 0.3) is 5.56 Å². The van der Waals surface area contributed by atoms with Crippen LogP contribution >= 0.6 is 12.2 Å². The number of rotatable bonds is 7. The molecule has 2 aromatic rings. The molecule has 3 N–H and O–H groups in total. The second kappa shape index (κ2) is 10.5. The highest BCUT2D eigenvalue weighted by atomic mass is 32.1. The first-order chi connectivity index (χ1) is 16.0. The van der Waals surface area contributed by atoms with Gasteiger partial charge in [-0.05, 0) is 35.4 Å². The van der Waals surface area contributed by atoms with Gasteiger partial charge >= 0.3 is 18.2 Å². The van der Waals surface area contributed by atoms with Crippen LogP contribution in [0.2, 0.25) is 0 Å². The molecule has 1 aromatic carbocycles. The summed E-state index contributed by atoms with van der Waals surface area (Å²) in [6.45, 7) is 0.199. The number of nitrogens with zero attached hydrogens (tertiary/aromatic N) is 1. The molecule has 0 saturated heterocycles. The molecule has 2 amide bonds. The number of aliphatic carboxylic acids is 1. The second-order valence-corrected chi connectivity index (χ2v) is 7.97. The lowest BCUT2D eigenvalue weighted by atomic mass is 10.0. The van der Waals surface area contributed by atoms with Gasteiger partial charge in [-0.25, -0.2) is 4.79 Å². The molecule has 1 heterocycles. The van der Waals surface area contributed by atoms with Gasteiger partial charge in [-0.15, -0.1) is 0 Å². The van der Waals surface area contributed by atoms with E-state index >= 15 is 0 Å². The van der Waals surface area contributed by atoms with Gasteiger partial charge in [-0.1, -0.05) is 42.6 Å². The molecule has 1 aliphatic carbocycles. The fraction of sp³-hybridized carbons (Fsp3) is 0.217. The fourth-order valence-electron chi connectivity index (χ4n) is 3.34. The number of aromatic nitrogens is 1. The van der Waals surface area contributed by atoms with Gasteiger partial charge in [0.15, 0.2) is 0 Å². The van der Waals surface area contributed by atoms with E-state index in [-0.39, 0.29) is 17.8 Å². The van der Waals surface area contributed by atoms with E-state index in [2.05, 4.69) is 10.6 Å². The van der Waals surface area contributed by atoms with E-state index in [1.54, 1.807) is 12.1 Å². The van der Waals surface area contributed by atoms with Crippen LogP contribution < -0.4 is 16.2 Å². The zero-order valence-corrected chi connectivity index (χ0v) is 18.4. The van der Waals surface area contributed by atoms with Crippen molar-refractivity contribution in [3.05, 3.63) is 87.9 Å². The third-order valence-corrected chi connectivity index (χ3v) is 5.43. The number of allylic oxidation sites excluding steroid dienone is 4. The Morgan fingerprint density at radius 2 is 1.97 bits per heavy atom. The monoisotopic (exact) mass is 491 g/mol. The van der Waals surface area contributed by atoms with E-state index in [0.29, 0.717) is 11.3 Å². The number of amides is 2. The van der Waals surface area contributed by atoms with E-state index in [9.17, 15) is 27.6 Å². The number of carboxylic acids is 1. The minimum Gasteiger partial charge on any atom is -0.481 e. The van der Waals surface area contributed by atoms with Crippen LogP contribution in [0.1, 0.15) is 30.0 Å². The minimum atomic E-state index is -4.63. The van der Waals surface area contributed by atoms with Crippen molar-refractivity contribution in [1.29, 1.82) is 0 Å². The summed E-state index contributed by atoms with van der Waals surface area (Å²) in [5.74, 6) is -1.32. The van der Waals surface area contributed by atoms with Gasteiger partial charge in [0, 0.05) is 17.5 Å². The van der Waals surface area contributed by atoms with Gasteiger partial charge in [0.2, 0.25) is 0 Å². The SMILES string of the molecule is O=C(O)C[C@H](NC(=O)Nc1cccn(CC2=CC=CCC2=S)c1=O)c1cccc(C(F)(F)F)c1. The molecular weight excluding hydrogens is 471 g/mol. The first kappa shape index (κ1) is 24.9. The van der Waals surface area contributed by atoms with Crippen LogP contribution in [-0.4, -0.2) is 26.5 Å². The molecule has 3 rings (SSSR count). The van der Waals surface area contributed by atoms with Crippen LogP contribution in [0.3, 0.4) is 0 Å². The molecule has 1 aliphatic rings. The molecule has 11 heteroatoms. The summed E-state index contributed by atoms with van der Waals surface area (Å²) in [7, 11) is 0. The van der Waals surface area contributed by atoms with Crippen LogP contribution in [0.4, 0.5) is 23.7 Å². The molecule has 0 spiro atoms. The van der Waals surface area contributed by atoms with E-state index in [1.165, 1.54) is 22.9 Å². The lowest BCUT2D eigenvalue weighted by Gasteiger charge is -2.19.